The van der Waals surface area contributed by atoms with E-state index >= 15 is 0 Å². The third-order valence-electron chi connectivity index (χ3n) is 4.76. The molecule has 142 valence electrons. The van der Waals surface area contributed by atoms with Crippen LogP contribution in [0.5, 0.6) is 23.0 Å². The van der Waals surface area contributed by atoms with Gasteiger partial charge in [0, 0.05) is 9.75 Å². The van der Waals surface area contributed by atoms with Crippen LogP contribution in [-0.4, -0.2) is 28.4 Å². The van der Waals surface area contributed by atoms with Gasteiger partial charge in [-0.15, -0.1) is 11.3 Å². The van der Waals surface area contributed by atoms with Gasteiger partial charge in [0.1, 0.15) is 23.0 Å². The van der Waals surface area contributed by atoms with Crippen LogP contribution in [0, 0.1) is 13.8 Å². The van der Waals surface area contributed by atoms with Crippen LogP contribution in [0.2, 0.25) is 0 Å². The van der Waals surface area contributed by atoms with Crippen molar-refractivity contribution in [3.8, 4) is 43.9 Å². The Bertz CT molecular complexity index is 839. The molecule has 0 fully saturated rings. The molecule has 0 saturated heterocycles. The predicted octanol–water partition coefficient (Wildman–Crippen LogP) is 5.73. The Kier molecular flexibility index (Phi) is 5.61. The van der Waals surface area contributed by atoms with Gasteiger partial charge in [0.05, 0.1) is 39.6 Å². The SMILES string of the molecule is COc1cccc(OC)c1-c1sc(-c2c(OC)cccc2OC)c(C)c1C. The quantitative estimate of drug-likeness (QED) is 0.543. The normalized spacial score (nSPS) is 10.6. The lowest BCUT2D eigenvalue weighted by Gasteiger charge is -2.13. The third kappa shape index (κ3) is 3.23. The molecule has 1 aromatic heterocycles. The summed E-state index contributed by atoms with van der Waals surface area (Å²) in [6.45, 7) is 4.25. The van der Waals surface area contributed by atoms with Crippen LogP contribution in [0.4, 0.5) is 0 Å². The first kappa shape index (κ1) is 19.1. The molecule has 0 aliphatic rings. The molecule has 0 bridgehead atoms. The first-order valence-electron chi connectivity index (χ1n) is 8.60. The van der Waals surface area contributed by atoms with Gasteiger partial charge in [-0.1, -0.05) is 12.1 Å². The molecular weight excluding hydrogens is 360 g/mol. The maximum absolute atomic E-state index is 5.62. The molecule has 0 atom stereocenters. The molecule has 1 heterocycles. The minimum atomic E-state index is 0.789. The summed E-state index contributed by atoms with van der Waals surface area (Å²) in [5, 5.41) is 0. The highest BCUT2D eigenvalue weighted by Crippen LogP contribution is 2.51. The van der Waals surface area contributed by atoms with Crippen LogP contribution in [0.15, 0.2) is 36.4 Å². The number of methoxy groups -OCH3 is 4. The van der Waals surface area contributed by atoms with Gasteiger partial charge < -0.3 is 18.9 Å². The molecule has 0 aliphatic carbocycles. The molecule has 0 spiro atoms. The lowest BCUT2D eigenvalue weighted by atomic mass is 10.0. The van der Waals surface area contributed by atoms with Crippen LogP contribution < -0.4 is 18.9 Å². The zero-order valence-corrected chi connectivity index (χ0v) is 17.3. The van der Waals surface area contributed by atoms with E-state index in [-0.39, 0.29) is 0 Å². The van der Waals surface area contributed by atoms with Gasteiger partial charge in [-0.2, -0.15) is 0 Å². The van der Waals surface area contributed by atoms with Gasteiger partial charge in [0.15, 0.2) is 0 Å². The molecule has 0 N–H and O–H groups in total. The van der Waals surface area contributed by atoms with Crippen molar-refractivity contribution < 1.29 is 18.9 Å². The Morgan fingerprint density at radius 3 is 1.11 bits per heavy atom. The zero-order valence-electron chi connectivity index (χ0n) is 16.5. The van der Waals surface area contributed by atoms with Crippen molar-refractivity contribution in [2.24, 2.45) is 0 Å². The third-order valence-corrected chi connectivity index (χ3v) is 6.19. The maximum atomic E-state index is 5.62. The average molecular weight is 384 g/mol. The van der Waals surface area contributed by atoms with E-state index < -0.39 is 0 Å². The predicted molar refractivity (Wildman–Crippen MR) is 111 cm³/mol. The van der Waals surface area contributed by atoms with E-state index in [0.717, 1.165) is 43.9 Å². The fourth-order valence-corrected chi connectivity index (χ4v) is 4.65. The van der Waals surface area contributed by atoms with Crippen molar-refractivity contribution in [3.63, 3.8) is 0 Å². The largest absolute Gasteiger partial charge is 0.496 e. The second-order valence-corrected chi connectivity index (χ2v) is 7.11. The Morgan fingerprint density at radius 1 is 0.556 bits per heavy atom. The van der Waals surface area contributed by atoms with Crippen molar-refractivity contribution >= 4 is 11.3 Å². The fraction of sp³-hybridized carbons (Fsp3) is 0.273. The summed E-state index contributed by atoms with van der Waals surface area (Å²) in [5.41, 5.74) is 4.30. The molecule has 5 heteroatoms. The molecule has 2 aromatic carbocycles. The number of hydrogen-bond donors (Lipinski definition) is 0. The van der Waals surface area contributed by atoms with Gasteiger partial charge >= 0.3 is 0 Å². The second kappa shape index (κ2) is 7.92. The van der Waals surface area contributed by atoms with E-state index in [9.17, 15) is 0 Å². The minimum Gasteiger partial charge on any atom is -0.496 e. The molecule has 3 aromatic rings. The van der Waals surface area contributed by atoms with Crippen molar-refractivity contribution in [1.82, 2.24) is 0 Å². The highest BCUT2D eigenvalue weighted by molar-refractivity contribution is 7.19. The van der Waals surface area contributed by atoms with E-state index in [4.69, 9.17) is 18.9 Å². The zero-order chi connectivity index (χ0) is 19.6. The first-order chi connectivity index (χ1) is 13.1. The molecular formula is C22H24O4S. The summed E-state index contributed by atoms with van der Waals surface area (Å²) in [7, 11) is 6.72. The summed E-state index contributed by atoms with van der Waals surface area (Å²) in [6, 6.07) is 11.7. The molecule has 0 aliphatic heterocycles. The van der Waals surface area contributed by atoms with Gasteiger partial charge in [0.25, 0.3) is 0 Å². The molecule has 0 amide bonds. The summed E-state index contributed by atoms with van der Waals surface area (Å²) in [5.74, 6) is 3.16. The Balaban J connectivity index is 2.30. The summed E-state index contributed by atoms with van der Waals surface area (Å²) in [4.78, 5) is 2.23. The van der Waals surface area contributed by atoms with Crippen LogP contribution in [-0.2, 0) is 0 Å². The number of benzene rings is 2. The number of ether oxygens (including phenoxy) is 4. The summed E-state index contributed by atoms with van der Waals surface area (Å²) in [6.07, 6.45) is 0. The van der Waals surface area contributed by atoms with Crippen LogP contribution in [0.1, 0.15) is 11.1 Å². The lowest BCUT2D eigenvalue weighted by Crippen LogP contribution is -1.93. The molecule has 0 unspecified atom stereocenters. The van der Waals surface area contributed by atoms with E-state index in [1.807, 2.05) is 36.4 Å². The topological polar surface area (TPSA) is 36.9 Å². The Morgan fingerprint density at radius 2 is 0.852 bits per heavy atom. The van der Waals surface area contributed by atoms with Gasteiger partial charge in [-0.3, -0.25) is 0 Å². The number of rotatable bonds is 6. The second-order valence-electron chi connectivity index (χ2n) is 6.09. The monoisotopic (exact) mass is 384 g/mol. The van der Waals surface area contributed by atoms with Crippen molar-refractivity contribution in [2.45, 2.75) is 13.8 Å². The Labute approximate surface area is 164 Å². The number of hydrogen-bond acceptors (Lipinski definition) is 5. The van der Waals surface area contributed by atoms with E-state index in [0.29, 0.717) is 0 Å². The minimum absolute atomic E-state index is 0.789. The highest BCUT2D eigenvalue weighted by Gasteiger charge is 2.24. The Hall–Kier alpha value is -2.66. The molecule has 0 radical (unpaired) electrons. The van der Waals surface area contributed by atoms with Crippen LogP contribution in [0.3, 0.4) is 0 Å². The first-order valence-corrected chi connectivity index (χ1v) is 9.41. The van der Waals surface area contributed by atoms with Crippen LogP contribution in [0.25, 0.3) is 20.9 Å². The smallest absolute Gasteiger partial charge is 0.131 e. The number of thiophene rings is 1. The molecule has 0 saturated carbocycles. The maximum Gasteiger partial charge on any atom is 0.131 e. The summed E-state index contributed by atoms with van der Waals surface area (Å²) >= 11 is 1.69. The van der Waals surface area contributed by atoms with Gasteiger partial charge in [0.2, 0.25) is 0 Å². The molecule has 4 nitrogen and oxygen atoms in total. The van der Waals surface area contributed by atoms with Crippen molar-refractivity contribution in [1.29, 1.82) is 0 Å². The van der Waals surface area contributed by atoms with E-state index in [1.165, 1.54) is 11.1 Å². The molecule has 3 rings (SSSR count). The van der Waals surface area contributed by atoms with Crippen molar-refractivity contribution in [2.75, 3.05) is 28.4 Å². The lowest BCUT2D eigenvalue weighted by molar-refractivity contribution is 0.397. The van der Waals surface area contributed by atoms with Crippen molar-refractivity contribution in [3.05, 3.63) is 47.5 Å². The standard InChI is InChI=1S/C22H24O4S/c1-13-14(2)22(20-17(25-5)11-8-12-18(20)26-6)27-21(13)19-15(23-3)9-7-10-16(19)24-4/h7-12H,1-6H3. The van der Waals surface area contributed by atoms with Gasteiger partial charge in [-0.25, -0.2) is 0 Å². The summed E-state index contributed by atoms with van der Waals surface area (Å²) < 4.78 is 22.5. The van der Waals surface area contributed by atoms with E-state index in [1.54, 1.807) is 39.8 Å². The van der Waals surface area contributed by atoms with E-state index in [2.05, 4.69) is 13.8 Å². The van der Waals surface area contributed by atoms with Gasteiger partial charge in [-0.05, 0) is 49.2 Å². The molecule has 27 heavy (non-hydrogen) atoms. The highest BCUT2D eigenvalue weighted by atomic mass is 32.1. The fourth-order valence-electron chi connectivity index (χ4n) is 3.22. The van der Waals surface area contributed by atoms with Crippen LogP contribution >= 0.6 is 11.3 Å². The average Bonchev–Trinajstić information content (AvgIpc) is 3.00.